The van der Waals surface area contributed by atoms with Crippen molar-refractivity contribution in [3.8, 4) is 0 Å². The minimum absolute atomic E-state index is 0.0336. The minimum Gasteiger partial charge on any atom is -0.355 e. The Hall–Kier alpha value is -3.07. The molecule has 26 heavy (non-hydrogen) atoms. The Kier molecular flexibility index (Phi) is 4.00. The molecule has 1 N–H and O–H groups in total. The first-order valence-corrected chi connectivity index (χ1v) is 8.96. The molecule has 0 aliphatic carbocycles. The van der Waals surface area contributed by atoms with Gasteiger partial charge in [0, 0.05) is 28.4 Å². The van der Waals surface area contributed by atoms with Gasteiger partial charge in [0.1, 0.15) is 0 Å². The van der Waals surface area contributed by atoms with Crippen molar-refractivity contribution in [2.75, 3.05) is 5.32 Å². The fraction of sp³-hybridized carbons (Fsp3) is 0.174. The largest absolute Gasteiger partial charge is 0.355 e. The molecule has 1 amide bonds. The van der Waals surface area contributed by atoms with Gasteiger partial charge in [-0.1, -0.05) is 66.7 Å². The van der Waals surface area contributed by atoms with Gasteiger partial charge in [0.05, 0.1) is 0 Å². The van der Waals surface area contributed by atoms with E-state index in [-0.39, 0.29) is 11.9 Å². The van der Waals surface area contributed by atoms with Crippen molar-refractivity contribution in [3.05, 3.63) is 102 Å². The van der Waals surface area contributed by atoms with Crippen LogP contribution < -0.4 is 5.32 Å². The number of benzene rings is 3. The third kappa shape index (κ3) is 2.39. The van der Waals surface area contributed by atoms with Crippen LogP contribution in [0.25, 0.3) is 0 Å². The topological polar surface area (TPSA) is 32.3 Å². The number of hydrogen-bond donors (Lipinski definition) is 1. The normalized spacial score (nSPS) is 18.9. The predicted molar refractivity (Wildman–Crippen MR) is 105 cm³/mol. The summed E-state index contributed by atoms with van der Waals surface area (Å²) in [4.78, 5) is 15.3. The van der Waals surface area contributed by atoms with Crippen LogP contribution in [0, 0.1) is 0 Å². The van der Waals surface area contributed by atoms with Crippen molar-refractivity contribution in [1.82, 2.24) is 4.90 Å². The van der Waals surface area contributed by atoms with Crippen LogP contribution in [-0.4, -0.2) is 16.8 Å². The van der Waals surface area contributed by atoms with E-state index in [9.17, 15) is 4.79 Å². The molecule has 130 valence electrons. The number of rotatable bonds is 4. The minimum atomic E-state index is -0.732. The molecular weight excluding hydrogens is 320 g/mol. The van der Waals surface area contributed by atoms with Crippen LogP contribution in [0.15, 0.2) is 84.9 Å². The number of amides is 1. The van der Waals surface area contributed by atoms with E-state index in [1.54, 1.807) is 0 Å². The third-order valence-corrected chi connectivity index (χ3v) is 4.93. The summed E-state index contributed by atoms with van der Waals surface area (Å²) in [5.41, 5.74) is 3.05. The first kappa shape index (κ1) is 16.4. The Balaban J connectivity index is 2.01. The zero-order valence-electron chi connectivity index (χ0n) is 15.0. The lowest BCUT2D eigenvalue weighted by atomic mass is 9.89. The summed E-state index contributed by atoms with van der Waals surface area (Å²) in [6, 6.07) is 28.2. The molecule has 1 aliphatic rings. The maximum Gasteiger partial charge on any atom is 0.256 e. The summed E-state index contributed by atoms with van der Waals surface area (Å²) in [6.07, 6.45) is 0. The van der Waals surface area contributed by atoms with Crippen LogP contribution in [0.1, 0.15) is 35.3 Å². The third-order valence-electron chi connectivity index (χ3n) is 4.93. The van der Waals surface area contributed by atoms with Crippen LogP contribution >= 0.6 is 0 Å². The number of fused-ring (bicyclic) bond motifs is 1. The molecule has 1 aliphatic heterocycles. The van der Waals surface area contributed by atoms with Crippen LogP contribution in [0.3, 0.4) is 0 Å². The summed E-state index contributed by atoms with van der Waals surface area (Å²) in [5, 5.41) is 3.69. The zero-order valence-corrected chi connectivity index (χ0v) is 15.0. The van der Waals surface area contributed by atoms with E-state index < -0.39 is 5.66 Å². The first-order chi connectivity index (χ1) is 12.6. The summed E-state index contributed by atoms with van der Waals surface area (Å²) in [7, 11) is 0. The number of hydrogen-bond acceptors (Lipinski definition) is 2. The Morgan fingerprint density at radius 3 is 2.04 bits per heavy atom. The van der Waals surface area contributed by atoms with E-state index >= 15 is 0 Å². The summed E-state index contributed by atoms with van der Waals surface area (Å²) in [5.74, 6) is 0.0582. The fourth-order valence-corrected chi connectivity index (χ4v) is 3.92. The maximum absolute atomic E-state index is 13.3. The smallest absolute Gasteiger partial charge is 0.256 e. The van der Waals surface area contributed by atoms with E-state index in [1.165, 1.54) is 0 Å². The molecule has 0 aromatic heterocycles. The van der Waals surface area contributed by atoms with Gasteiger partial charge in [0.2, 0.25) is 0 Å². The predicted octanol–water partition coefficient (Wildman–Crippen LogP) is 4.86. The van der Waals surface area contributed by atoms with E-state index in [0.717, 1.165) is 22.4 Å². The molecule has 1 atom stereocenters. The number of carbonyl (C=O) groups excluding carboxylic acids is 1. The number of nitrogens with one attached hydrogen (secondary N) is 1. The second-order valence-electron chi connectivity index (χ2n) is 6.88. The van der Waals surface area contributed by atoms with E-state index in [2.05, 4.69) is 37.4 Å². The molecule has 3 heteroatoms. The van der Waals surface area contributed by atoms with Gasteiger partial charge in [-0.25, -0.2) is 0 Å². The van der Waals surface area contributed by atoms with Crippen molar-refractivity contribution in [2.24, 2.45) is 0 Å². The van der Waals surface area contributed by atoms with Gasteiger partial charge < -0.3 is 10.2 Å². The molecule has 3 aromatic carbocycles. The molecule has 3 aromatic rings. The maximum atomic E-state index is 13.3. The standard InChI is InChI=1S/C23H22N2O/c1-17(2)25-22(26)20-15-9-10-16-21(20)23(25,18-11-5-3-6-12-18)24-19-13-7-4-8-14-19/h3-17,24H,1-2H3. The van der Waals surface area contributed by atoms with E-state index in [4.69, 9.17) is 0 Å². The van der Waals surface area contributed by atoms with Crippen molar-refractivity contribution in [1.29, 1.82) is 0 Å². The number of nitrogens with zero attached hydrogens (tertiary/aromatic N) is 1. The van der Waals surface area contributed by atoms with Crippen molar-refractivity contribution in [2.45, 2.75) is 25.6 Å². The lowest BCUT2D eigenvalue weighted by molar-refractivity contribution is 0.0582. The Labute approximate surface area is 154 Å². The van der Waals surface area contributed by atoms with Gasteiger partial charge in [-0.3, -0.25) is 4.79 Å². The molecule has 0 bridgehead atoms. The van der Waals surface area contributed by atoms with Gasteiger partial charge in [-0.05, 0) is 32.0 Å². The van der Waals surface area contributed by atoms with Crippen LogP contribution in [0.5, 0.6) is 0 Å². The van der Waals surface area contributed by atoms with Gasteiger partial charge in [0.25, 0.3) is 5.91 Å². The Bertz CT molecular complexity index is 921. The summed E-state index contributed by atoms with van der Waals surface area (Å²) >= 11 is 0. The SMILES string of the molecule is CC(C)N1C(=O)c2ccccc2C1(Nc1ccccc1)c1ccccc1. The molecule has 4 rings (SSSR count). The molecule has 3 nitrogen and oxygen atoms in total. The number of carbonyl (C=O) groups is 1. The molecular formula is C23H22N2O. The average molecular weight is 342 g/mol. The second-order valence-corrected chi connectivity index (χ2v) is 6.88. The van der Waals surface area contributed by atoms with Crippen molar-refractivity contribution in [3.63, 3.8) is 0 Å². The molecule has 0 fully saturated rings. The zero-order chi connectivity index (χ0) is 18.1. The molecule has 0 saturated heterocycles. The molecule has 1 heterocycles. The van der Waals surface area contributed by atoms with Crippen LogP contribution in [-0.2, 0) is 5.66 Å². The van der Waals surface area contributed by atoms with Crippen molar-refractivity contribution < 1.29 is 4.79 Å². The van der Waals surface area contributed by atoms with E-state index in [1.807, 2.05) is 71.6 Å². The highest BCUT2D eigenvalue weighted by Crippen LogP contribution is 2.45. The lowest BCUT2D eigenvalue weighted by Crippen LogP contribution is -2.53. The Morgan fingerprint density at radius 1 is 0.808 bits per heavy atom. The highest BCUT2D eigenvalue weighted by atomic mass is 16.2. The molecule has 0 radical (unpaired) electrons. The number of para-hydroxylation sites is 1. The van der Waals surface area contributed by atoms with E-state index in [0.29, 0.717) is 0 Å². The fourth-order valence-electron chi connectivity index (χ4n) is 3.92. The van der Waals surface area contributed by atoms with Crippen molar-refractivity contribution >= 4 is 11.6 Å². The van der Waals surface area contributed by atoms with Gasteiger partial charge in [-0.2, -0.15) is 0 Å². The van der Waals surface area contributed by atoms with Crippen LogP contribution in [0.2, 0.25) is 0 Å². The monoisotopic (exact) mass is 342 g/mol. The quantitative estimate of drug-likeness (QED) is 0.734. The first-order valence-electron chi connectivity index (χ1n) is 8.96. The summed E-state index contributed by atoms with van der Waals surface area (Å²) in [6.45, 7) is 4.13. The highest BCUT2D eigenvalue weighted by molar-refractivity contribution is 6.01. The molecule has 0 saturated carbocycles. The van der Waals surface area contributed by atoms with Crippen LogP contribution in [0.4, 0.5) is 5.69 Å². The second kappa shape index (κ2) is 6.34. The average Bonchev–Trinajstić information content (AvgIpc) is 2.93. The highest BCUT2D eigenvalue weighted by Gasteiger charge is 2.51. The lowest BCUT2D eigenvalue weighted by Gasteiger charge is -2.43. The summed E-state index contributed by atoms with van der Waals surface area (Å²) < 4.78 is 0. The molecule has 1 unspecified atom stereocenters. The number of anilines is 1. The Morgan fingerprint density at radius 2 is 1.38 bits per heavy atom. The molecule has 0 spiro atoms. The van der Waals surface area contributed by atoms with Gasteiger partial charge in [0.15, 0.2) is 5.66 Å². The van der Waals surface area contributed by atoms with Gasteiger partial charge in [-0.15, -0.1) is 0 Å². The van der Waals surface area contributed by atoms with Gasteiger partial charge >= 0.3 is 0 Å².